The third-order valence-electron chi connectivity index (χ3n) is 7.50. The molecule has 1 saturated carbocycles. The maximum absolute atomic E-state index is 13.6. The maximum atomic E-state index is 13.6. The lowest BCUT2D eigenvalue weighted by Crippen LogP contribution is -2.41. The van der Waals surface area contributed by atoms with Crippen LogP contribution in [0.4, 0.5) is 26.2 Å². The highest BCUT2D eigenvalue weighted by Gasteiger charge is 2.47. The van der Waals surface area contributed by atoms with Crippen LogP contribution in [-0.2, 0) is 17.6 Å². The number of nitrogens with one attached hydrogen (secondary N) is 2. The number of fused-ring (bicyclic) bond motifs is 3. The highest BCUT2D eigenvalue weighted by atomic mass is 35.5. The number of allylic oxidation sites excluding steroid dienone is 1. The number of aromatic nitrogens is 2. The Labute approximate surface area is 219 Å². The van der Waals surface area contributed by atoms with Gasteiger partial charge in [0.2, 0.25) is 11.9 Å². The zero-order valence-electron chi connectivity index (χ0n) is 20.8. The first-order valence-corrected chi connectivity index (χ1v) is 12.8. The van der Waals surface area contributed by atoms with E-state index in [1.54, 1.807) is 12.0 Å². The maximum Gasteiger partial charge on any atom is 0.257 e. The average molecular weight is 533 g/mol. The molecule has 0 saturated heterocycles. The number of halogens is 3. The van der Waals surface area contributed by atoms with Gasteiger partial charge in [-0.15, -0.1) is 0 Å². The van der Waals surface area contributed by atoms with Crippen LogP contribution in [0.5, 0.6) is 5.75 Å². The standard InChI is InChI=1S/C26H31ClF2N6O2/c1-26(28,29)13-35-7-5-14-10-19(20(37-2)11-15(14)6-8-35)32-25-31-12-18(27)24(34-25)33-22-17-4-3-16(9-17)21(22)23(30)36/h3-4,10-12,16-17,21-22H,5-9,13H2,1-2H3,(H2,30,36)(H2,31,32,33,34)/t16-,17+,21+,22-/m1/s1. The summed E-state index contributed by atoms with van der Waals surface area (Å²) >= 11 is 6.41. The molecule has 2 aromatic rings. The summed E-state index contributed by atoms with van der Waals surface area (Å²) in [6.45, 7) is 1.80. The number of ether oxygens (including phenoxy) is 1. The Morgan fingerprint density at radius 3 is 2.62 bits per heavy atom. The number of alkyl halides is 2. The topological polar surface area (TPSA) is 105 Å². The normalized spacial score (nSPS) is 25.0. The minimum Gasteiger partial charge on any atom is -0.495 e. The number of anilines is 3. The smallest absolute Gasteiger partial charge is 0.257 e. The fourth-order valence-electron chi connectivity index (χ4n) is 5.83. The number of nitrogens with two attached hydrogens (primary N) is 1. The summed E-state index contributed by atoms with van der Waals surface area (Å²) in [6, 6.07) is 3.73. The number of hydrogen-bond donors (Lipinski definition) is 3. The van der Waals surface area contributed by atoms with E-state index in [-0.39, 0.29) is 36.2 Å². The lowest BCUT2D eigenvalue weighted by molar-refractivity contribution is -0.122. The van der Waals surface area contributed by atoms with Crippen LogP contribution < -0.4 is 21.1 Å². The predicted molar refractivity (Wildman–Crippen MR) is 139 cm³/mol. The Hall–Kier alpha value is -2.98. The number of amides is 1. The van der Waals surface area contributed by atoms with E-state index in [1.165, 1.54) is 6.20 Å². The van der Waals surface area contributed by atoms with Gasteiger partial charge < -0.3 is 21.1 Å². The number of hydrogen-bond acceptors (Lipinski definition) is 7. The predicted octanol–water partition coefficient (Wildman–Crippen LogP) is 4.03. The second-order valence-electron chi connectivity index (χ2n) is 10.2. The van der Waals surface area contributed by atoms with Gasteiger partial charge in [0.1, 0.15) is 10.8 Å². The van der Waals surface area contributed by atoms with Crippen LogP contribution in [0.1, 0.15) is 24.5 Å². The van der Waals surface area contributed by atoms with Gasteiger partial charge in [-0.2, -0.15) is 4.98 Å². The molecular formula is C26H31ClF2N6O2. The molecule has 1 fully saturated rings. The van der Waals surface area contributed by atoms with Crippen molar-refractivity contribution in [3.05, 3.63) is 46.6 Å². The van der Waals surface area contributed by atoms with Gasteiger partial charge in [-0.3, -0.25) is 9.69 Å². The molecule has 4 N–H and O–H groups in total. The minimum absolute atomic E-state index is 0.126. The van der Waals surface area contributed by atoms with Gasteiger partial charge in [-0.05, 0) is 54.4 Å². The summed E-state index contributed by atoms with van der Waals surface area (Å²) in [6.07, 6.45) is 7.85. The summed E-state index contributed by atoms with van der Waals surface area (Å²) in [5.41, 5.74) is 8.50. The van der Waals surface area contributed by atoms with E-state index in [0.29, 0.717) is 54.2 Å². The summed E-state index contributed by atoms with van der Waals surface area (Å²) in [5, 5.41) is 6.89. The van der Waals surface area contributed by atoms with Crippen LogP contribution in [0.15, 0.2) is 30.5 Å². The van der Waals surface area contributed by atoms with Crippen molar-refractivity contribution < 1.29 is 18.3 Å². The molecule has 2 bridgehead atoms. The monoisotopic (exact) mass is 532 g/mol. The SMILES string of the molecule is COc1cc2c(cc1Nc1ncc(Cl)c(N[C@H]3[C@@H](C(N)=O)[C@@H]4C=C[C@H]3C4)n1)CCN(CC(C)(F)F)CC2. The van der Waals surface area contributed by atoms with Crippen LogP contribution >= 0.6 is 11.6 Å². The van der Waals surface area contributed by atoms with Gasteiger partial charge in [-0.25, -0.2) is 13.8 Å². The van der Waals surface area contributed by atoms with Gasteiger partial charge in [0.25, 0.3) is 5.92 Å². The third-order valence-corrected chi connectivity index (χ3v) is 7.78. The third kappa shape index (κ3) is 5.50. The molecule has 0 unspecified atom stereocenters. The number of methoxy groups -OCH3 is 1. The van der Waals surface area contributed by atoms with Crippen molar-refractivity contribution >= 4 is 35.0 Å². The number of carbonyl (C=O) groups excluding carboxylic acids is 1. The molecule has 2 aliphatic carbocycles. The van der Waals surface area contributed by atoms with Gasteiger partial charge >= 0.3 is 0 Å². The molecule has 1 aliphatic heterocycles. The molecular weight excluding hydrogens is 502 g/mol. The summed E-state index contributed by atoms with van der Waals surface area (Å²) in [5.74, 6) is -1.76. The zero-order chi connectivity index (χ0) is 26.3. The Bertz CT molecular complexity index is 1220. The molecule has 3 aliphatic rings. The average Bonchev–Trinajstić information content (AvgIpc) is 3.39. The van der Waals surface area contributed by atoms with Crippen molar-refractivity contribution in [3.8, 4) is 5.75 Å². The van der Waals surface area contributed by atoms with Crippen LogP contribution in [0.2, 0.25) is 5.02 Å². The van der Waals surface area contributed by atoms with Crippen LogP contribution in [0.3, 0.4) is 0 Å². The Morgan fingerprint density at radius 2 is 1.95 bits per heavy atom. The molecule has 11 heteroatoms. The van der Waals surface area contributed by atoms with Crippen LogP contribution in [0.25, 0.3) is 0 Å². The van der Waals surface area contributed by atoms with Crippen molar-refractivity contribution in [2.24, 2.45) is 23.5 Å². The Morgan fingerprint density at radius 1 is 1.24 bits per heavy atom. The highest BCUT2D eigenvalue weighted by molar-refractivity contribution is 6.32. The fraction of sp³-hybridized carbons (Fsp3) is 0.500. The van der Waals surface area contributed by atoms with E-state index in [0.717, 1.165) is 24.5 Å². The first kappa shape index (κ1) is 25.7. The molecule has 1 amide bonds. The van der Waals surface area contributed by atoms with Gasteiger partial charge in [-0.1, -0.05) is 23.8 Å². The summed E-state index contributed by atoms with van der Waals surface area (Å²) in [4.78, 5) is 22.8. The molecule has 2 heterocycles. The second kappa shape index (κ2) is 10.1. The number of benzene rings is 1. The van der Waals surface area contributed by atoms with Crippen molar-refractivity contribution in [1.82, 2.24) is 14.9 Å². The molecule has 1 aromatic carbocycles. The summed E-state index contributed by atoms with van der Waals surface area (Å²) in [7, 11) is 1.58. The highest BCUT2D eigenvalue weighted by Crippen LogP contribution is 2.45. The molecule has 198 valence electrons. The van der Waals surface area contributed by atoms with E-state index < -0.39 is 5.92 Å². The molecule has 1 aromatic heterocycles. The number of rotatable bonds is 8. The first-order valence-electron chi connectivity index (χ1n) is 12.4. The van der Waals surface area contributed by atoms with Crippen molar-refractivity contribution in [2.75, 3.05) is 37.4 Å². The van der Waals surface area contributed by atoms with Crippen LogP contribution in [-0.4, -0.2) is 59.5 Å². The van der Waals surface area contributed by atoms with E-state index >= 15 is 0 Å². The lowest BCUT2D eigenvalue weighted by Gasteiger charge is -2.27. The molecule has 4 atom stereocenters. The van der Waals surface area contributed by atoms with Crippen molar-refractivity contribution in [3.63, 3.8) is 0 Å². The molecule has 37 heavy (non-hydrogen) atoms. The minimum atomic E-state index is -2.73. The number of primary amides is 1. The molecule has 8 nitrogen and oxygen atoms in total. The molecule has 0 spiro atoms. The second-order valence-corrected chi connectivity index (χ2v) is 10.6. The van der Waals surface area contributed by atoms with E-state index in [4.69, 9.17) is 22.1 Å². The number of nitrogens with zero attached hydrogens (tertiary/aromatic N) is 3. The zero-order valence-corrected chi connectivity index (χ0v) is 21.6. The molecule has 0 radical (unpaired) electrons. The van der Waals surface area contributed by atoms with Gasteiger partial charge in [0, 0.05) is 26.1 Å². The van der Waals surface area contributed by atoms with Crippen molar-refractivity contribution in [1.29, 1.82) is 0 Å². The van der Waals surface area contributed by atoms with E-state index in [9.17, 15) is 13.6 Å². The summed E-state index contributed by atoms with van der Waals surface area (Å²) < 4.78 is 32.7. The molecule has 5 rings (SSSR count). The van der Waals surface area contributed by atoms with Crippen molar-refractivity contribution in [2.45, 2.75) is 38.2 Å². The largest absolute Gasteiger partial charge is 0.495 e. The van der Waals surface area contributed by atoms with Gasteiger partial charge in [0.15, 0.2) is 5.82 Å². The first-order chi connectivity index (χ1) is 17.6. The fourth-order valence-corrected chi connectivity index (χ4v) is 5.98. The Balaban J connectivity index is 1.35. The van der Waals surface area contributed by atoms with E-state index in [1.807, 2.05) is 12.1 Å². The van der Waals surface area contributed by atoms with Gasteiger partial charge in [0.05, 0.1) is 31.5 Å². The quantitative estimate of drug-likeness (QED) is 0.441. The lowest BCUT2D eigenvalue weighted by atomic mass is 9.88. The van der Waals surface area contributed by atoms with E-state index in [2.05, 4.69) is 32.8 Å². The number of carbonyl (C=O) groups is 1. The van der Waals surface area contributed by atoms with Crippen LogP contribution in [0, 0.1) is 17.8 Å². The Kier molecular flexibility index (Phi) is 6.97.